The van der Waals surface area contributed by atoms with Gasteiger partial charge in [-0.25, -0.2) is 4.39 Å². The van der Waals surface area contributed by atoms with Gasteiger partial charge >= 0.3 is 6.36 Å². The molecule has 3 rings (SSSR count). The van der Waals surface area contributed by atoms with Crippen LogP contribution in [0.1, 0.15) is 26.2 Å². The average Bonchev–Trinajstić information content (AvgIpc) is 2.73. The number of ether oxygens (including phenoxy) is 1. The molecule has 0 aliphatic carbocycles. The second-order valence-electron chi connectivity index (χ2n) is 7.15. The zero-order valence-electron chi connectivity index (χ0n) is 17.5. The molecule has 1 fully saturated rings. The molecule has 0 aromatic heterocycles. The van der Waals surface area contributed by atoms with Gasteiger partial charge in [-0.05, 0) is 36.2 Å². The van der Waals surface area contributed by atoms with Gasteiger partial charge in [-0.15, -0.1) is 13.2 Å². The molecule has 2 N–H and O–H groups in total. The van der Waals surface area contributed by atoms with Crippen LogP contribution in [0.15, 0.2) is 42.5 Å². The van der Waals surface area contributed by atoms with Crippen LogP contribution in [0.5, 0.6) is 5.75 Å². The zero-order valence-corrected chi connectivity index (χ0v) is 19.1. The first-order chi connectivity index (χ1) is 15.4. The van der Waals surface area contributed by atoms with Crippen molar-refractivity contribution < 1.29 is 31.9 Å². The summed E-state index contributed by atoms with van der Waals surface area (Å²) in [7, 11) is 0. The van der Waals surface area contributed by atoms with E-state index in [0.717, 1.165) is 0 Å². The molecule has 1 heterocycles. The van der Waals surface area contributed by atoms with E-state index in [2.05, 4.69) is 4.74 Å². The first kappa shape index (κ1) is 26.7. The fourth-order valence-corrected chi connectivity index (χ4v) is 3.58. The Morgan fingerprint density at radius 3 is 2.36 bits per heavy atom. The standard InChI is InChI=1S/C19H17ClF4N2O2.C3H5ClO/c20-15-10-12(26-8-7-11(21)9-16(26)18(25)27)5-6-13(15)14-3-1-2-4-17(14)28-19(22,23)24;1-2-3(4)5/h1-6,10-11,16H,7-9H2,(H2,25,27);2H2,1H3. The minimum Gasteiger partial charge on any atom is -0.405 e. The predicted molar refractivity (Wildman–Crippen MR) is 119 cm³/mol. The van der Waals surface area contributed by atoms with E-state index in [0.29, 0.717) is 17.7 Å². The number of halogens is 6. The Morgan fingerprint density at radius 2 is 1.82 bits per heavy atom. The number of piperidine rings is 1. The van der Waals surface area contributed by atoms with E-state index < -0.39 is 24.5 Å². The van der Waals surface area contributed by atoms with E-state index >= 15 is 0 Å². The normalized spacial score (nSPS) is 18.2. The Balaban J connectivity index is 0.000000696. The number of nitrogens with zero attached hydrogens (tertiary/aromatic N) is 1. The molecule has 2 atom stereocenters. The largest absolute Gasteiger partial charge is 0.573 e. The molecule has 1 amide bonds. The number of nitrogens with two attached hydrogens (primary N) is 1. The van der Waals surface area contributed by atoms with Crippen LogP contribution in [-0.4, -0.2) is 36.3 Å². The molecule has 0 spiro atoms. The highest BCUT2D eigenvalue weighted by molar-refractivity contribution is 6.63. The molecule has 33 heavy (non-hydrogen) atoms. The van der Waals surface area contributed by atoms with Crippen LogP contribution >= 0.6 is 23.2 Å². The summed E-state index contributed by atoms with van der Waals surface area (Å²) in [5, 5.41) is -0.105. The minimum atomic E-state index is -4.84. The van der Waals surface area contributed by atoms with E-state index in [-0.39, 0.29) is 41.0 Å². The van der Waals surface area contributed by atoms with Crippen molar-refractivity contribution in [3.63, 3.8) is 0 Å². The summed E-state index contributed by atoms with van der Waals surface area (Å²) in [6.07, 6.45) is -5.30. The van der Waals surface area contributed by atoms with Gasteiger partial charge < -0.3 is 15.4 Å². The summed E-state index contributed by atoms with van der Waals surface area (Å²) in [6, 6.07) is 9.51. The summed E-state index contributed by atoms with van der Waals surface area (Å²) >= 11 is 11.2. The van der Waals surface area contributed by atoms with Crippen molar-refractivity contribution in [1.29, 1.82) is 0 Å². The minimum absolute atomic E-state index is 0.0169. The van der Waals surface area contributed by atoms with Crippen molar-refractivity contribution in [3.8, 4) is 16.9 Å². The van der Waals surface area contributed by atoms with Crippen molar-refractivity contribution in [2.45, 2.75) is 44.8 Å². The van der Waals surface area contributed by atoms with Crippen LogP contribution in [0.25, 0.3) is 11.1 Å². The molecule has 1 aliphatic rings. The van der Waals surface area contributed by atoms with Crippen molar-refractivity contribution in [2.75, 3.05) is 11.4 Å². The highest BCUT2D eigenvalue weighted by Gasteiger charge is 2.34. The van der Waals surface area contributed by atoms with E-state index in [1.165, 1.54) is 30.3 Å². The lowest BCUT2D eigenvalue weighted by Gasteiger charge is -2.37. The summed E-state index contributed by atoms with van der Waals surface area (Å²) < 4.78 is 55.7. The number of anilines is 1. The third-order valence-corrected chi connectivity index (χ3v) is 5.41. The van der Waals surface area contributed by atoms with Crippen LogP contribution < -0.4 is 15.4 Å². The van der Waals surface area contributed by atoms with Crippen LogP contribution in [0, 0.1) is 0 Å². The number of alkyl halides is 4. The fraction of sp³-hybridized carbons (Fsp3) is 0.364. The average molecular weight is 509 g/mol. The number of para-hydroxylation sites is 1. The predicted octanol–water partition coefficient (Wildman–Crippen LogP) is 5.86. The lowest BCUT2D eigenvalue weighted by Crippen LogP contribution is -2.50. The van der Waals surface area contributed by atoms with Crippen LogP contribution in [0.3, 0.4) is 0 Å². The highest BCUT2D eigenvalue weighted by Crippen LogP contribution is 2.39. The van der Waals surface area contributed by atoms with Gasteiger partial charge in [0.1, 0.15) is 18.0 Å². The summed E-state index contributed by atoms with van der Waals surface area (Å²) in [5.41, 5.74) is 6.44. The summed E-state index contributed by atoms with van der Waals surface area (Å²) in [5.74, 6) is -1.02. The highest BCUT2D eigenvalue weighted by atomic mass is 35.5. The lowest BCUT2D eigenvalue weighted by molar-refractivity contribution is -0.274. The summed E-state index contributed by atoms with van der Waals surface area (Å²) in [4.78, 5) is 22.9. The van der Waals surface area contributed by atoms with Gasteiger partial charge in [0.05, 0.1) is 5.02 Å². The van der Waals surface area contributed by atoms with Gasteiger partial charge in [0, 0.05) is 36.2 Å². The third kappa shape index (κ3) is 7.78. The Kier molecular flexibility index (Phi) is 9.36. The molecule has 0 saturated carbocycles. The first-order valence-electron chi connectivity index (χ1n) is 9.96. The van der Waals surface area contributed by atoms with Crippen molar-refractivity contribution in [2.24, 2.45) is 5.73 Å². The molecule has 5 nitrogen and oxygen atoms in total. The number of carbonyl (C=O) groups is 2. The van der Waals surface area contributed by atoms with Gasteiger partial charge in [-0.1, -0.05) is 42.8 Å². The Hall–Kier alpha value is -2.52. The molecular formula is C22H22Cl2F4N2O3. The molecule has 2 unspecified atom stereocenters. The maximum Gasteiger partial charge on any atom is 0.573 e. The van der Waals surface area contributed by atoms with Crippen LogP contribution in [0.2, 0.25) is 5.02 Å². The maximum absolute atomic E-state index is 13.7. The van der Waals surface area contributed by atoms with Crippen molar-refractivity contribution >= 4 is 40.0 Å². The van der Waals surface area contributed by atoms with E-state index in [1.807, 2.05) is 0 Å². The smallest absolute Gasteiger partial charge is 0.405 e. The molecule has 2 aromatic carbocycles. The molecule has 1 saturated heterocycles. The van der Waals surface area contributed by atoms with E-state index in [1.54, 1.807) is 24.0 Å². The number of hydrogen-bond donors (Lipinski definition) is 1. The van der Waals surface area contributed by atoms with E-state index in [4.69, 9.17) is 28.9 Å². The first-order valence-corrected chi connectivity index (χ1v) is 10.7. The summed E-state index contributed by atoms with van der Waals surface area (Å²) in [6.45, 7) is 1.99. The Bertz CT molecular complexity index is 988. The van der Waals surface area contributed by atoms with Crippen LogP contribution in [0.4, 0.5) is 23.2 Å². The SMILES string of the molecule is CCC(=O)Cl.NC(=O)C1CC(F)CCN1c1ccc(-c2ccccc2OC(F)(F)F)c(Cl)c1. The second kappa shape index (κ2) is 11.6. The van der Waals surface area contributed by atoms with Crippen LogP contribution in [-0.2, 0) is 9.59 Å². The topological polar surface area (TPSA) is 72.6 Å². The molecular weight excluding hydrogens is 487 g/mol. The fourth-order valence-electron chi connectivity index (χ4n) is 3.31. The van der Waals surface area contributed by atoms with Crippen molar-refractivity contribution in [3.05, 3.63) is 47.5 Å². The van der Waals surface area contributed by atoms with Crippen molar-refractivity contribution in [1.82, 2.24) is 0 Å². The Labute approximate surface area is 198 Å². The quantitative estimate of drug-likeness (QED) is 0.405. The number of rotatable bonds is 5. The molecule has 11 heteroatoms. The molecule has 0 radical (unpaired) electrons. The zero-order chi connectivity index (χ0) is 24.8. The van der Waals surface area contributed by atoms with Gasteiger partial charge in [-0.2, -0.15) is 0 Å². The van der Waals surface area contributed by atoms with Gasteiger partial charge in [-0.3, -0.25) is 9.59 Å². The number of primary amides is 1. The second-order valence-corrected chi connectivity index (χ2v) is 7.98. The third-order valence-electron chi connectivity index (χ3n) is 4.83. The van der Waals surface area contributed by atoms with E-state index in [9.17, 15) is 27.2 Å². The molecule has 2 aromatic rings. The number of carbonyl (C=O) groups excluding carboxylic acids is 2. The molecule has 1 aliphatic heterocycles. The molecule has 0 bridgehead atoms. The van der Waals surface area contributed by atoms with Gasteiger partial charge in [0.2, 0.25) is 11.1 Å². The van der Waals surface area contributed by atoms with Gasteiger partial charge in [0.25, 0.3) is 0 Å². The number of benzene rings is 2. The monoisotopic (exact) mass is 508 g/mol. The Morgan fingerprint density at radius 1 is 1.18 bits per heavy atom. The maximum atomic E-state index is 13.7. The number of hydrogen-bond acceptors (Lipinski definition) is 4. The lowest BCUT2D eigenvalue weighted by atomic mass is 9.98. The number of amides is 1. The molecule has 180 valence electrons. The van der Waals surface area contributed by atoms with Gasteiger partial charge in [0.15, 0.2) is 0 Å².